The molecule has 22 heavy (non-hydrogen) atoms. The van der Waals surface area contributed by atoms with Crippen LogP contribution in [0.15, 0.2) is 0 Å². The first-order valence-corrected chi connectivity index (χ1v) is 8.66. The van der Waals surface area contributed by atoms with Crippen molar-refractivity contribution in [3.8, 4) is 0 Å². The lowest BCUT2D eigenvalue weighted by molar-refractivity contribution is -0.143. The maximum Gasteiger partial charge on any atom is 0.306 e. The lowest BCUT2D eigenvalue weighted by Gasteiger charge is -2.30. The van der Waals surface area contributed by atoms with Crippen molar-refractivity contribution in [2.75, 3.05) is 0 Å². The number of aliphatic carboxylic acids is 1. The fourth-order valence-corrected chi connectivity index (χ4v) is 4.19. The van der Waals surface area contributed by atoms with Crippen molar-refractivity contribution in [3.63, 3.8) is 0 Å². The second-order valence-corrected chi connectivity index (χ2v) is 7.18. The van der Waals surface area contributed by atoms with Crippen LogP contribution >= 0.6 is 0 Å². The van der Waals surface area contributed by atoms with Gasteiger partial charge in [0.15, 0.2) is 0 Å². The summed E-state index contributed by atoms with van der Waals surface area (Å²) in [5, 5.41) is 12.6. The van der Waals surface area contributed by atoms with Crippen molar-refractivity contribution < 1.29 is 19.1 Å². The summed E-state index contributed by atoms with van der Waals surface area (Å²) >= 11 is 0. The lowest BCUT2D eigenvalue weighted by atomic mass is 9.80. The van der Waals surface area contributed by atoms with E-state index in [1.54, 1.807) is 0 Å². The quantitative estimate of drug-likeness (QED) is 0.744. The van der Waals surface area contributed by atoms with Crippen LogP contribution in [0.3, 0.4) is 0 Å². The minimum Gasteiger partial charge on any atom is -0.481 e. The maximum atomic E-state index is 13.2. The molecule has 1 saturated heterocycles. The SMILES string of the molecule is O=C(O)C1CCCC(C2NOC(CC3CCC(F)CC3)N2)C1. The van der Waals surface area contributed by atoms with Gasteiger partial charge in [-0.25, -0.2) is 4.39 Å². The predicted molar refractivity (Wildman–Crippen MR) is 79.5 cm³/mol. The average molecular weight is 314 g/mol. The topological polar surface area (TPSA) is 70.6 Å². The third-order valence-corrected chi connectivity index (χ3v) is 5.56. The fourth-order valence-electron chi connectivity index (χ4n) is 4.19. The Morgan fingerprint density at radius 1 is 1.18 bits per heavy atom. The molecule has 2 saturated carbocycles. The van der Waals surface area contributed by atoms with Crippen LogP contribution in [0, 0.1) is 17.8 Å². The molecular formula is C16H27FN2O3. The van der Waals surface area contributed by atoms with Crippen LogP contribution in [0.1, 0.15) is 57.8 Å². The first-order valence-electron chi connectivity index (χ1n) is 8.66. The van der Waals surface area contributed by atoms with Crippen molar-refractivity contribution in [2.45, 2.75) is 76.4 Å². The van der Waals surface area contributed by atoms with Crippen LogP contribution in [0.4, 0.5) is 4.39 Å². The number of nitrogens with one attached hydrogen (secondary N) is 2. The highest BCUT2D eigenvalue weighted by atomic mass is 19.1. The van der Waals surface area contributed by atoms with E-state index in [1.807, 2.05) is 0 Å². The molecule has 3 N–H and O–H groups in total. The van der Waals surface area contributed by atoms with Crippen molar-refractivity contribution in [1.29, 1.82) is 0 Å². The summed E-state index contributed by atoms with van der Waals surface area (Å²) in [5.74, 6) is -0.0611. The van der Waals surface area contributed by atoms with Gasteiger partial charge in [0.25, 0.3) is 0 Å². The van der Waals surface area contributed by atoms with Gasteiger partial charge in [-0.1, -0.05) is 6.42 Å². The minimum atomic E-state index is -0.678. The molecule has 5 nitrogen and oxygen atoms in total. The number of hydrogen-bond acceptors (Lipinski definition) is 4. The predicted octanol–water partition coefficient (Wildman–Crippen LogP) is 2.57. The van der Waals surface area contributed by atoms with E-state index in [-0.39, 0.29) is 18.3 Å². The normalized spacial score (nSPS) is 43.1. The van der Waals surface area contributed by atoms with Gasteiger partial charge in [-0.2, -0.15) is 5.48 Å². The van der Waals surface area contributed by atoms with Gasteiger partial charge in [0.05, 0.1) is 12.1 Å². The number of hydroxylamine groups is 1. The third kappa shape index (κ3) is 3.97. The van der Waals surface area contributed by atoms with E-state index >= 15 is 0 Å². The van der Waals surface area contributed by atoms with Gasteiger partial charge < -0.3 is 5.11 Å². The zero-order valence-electron chi connectivity index (χ0n) is 13.0. The van der Waals surface area contributed by atoms with Gasteiger partial charge in [0.1, 0.15) is 12.4 Å². The molecule has 3 fully saturated rings. The van der Waals surface area contributed by atoms with Gasteiger partial charge in [-0.3, -0.25) is 14.9 Å². The molecular weight excluding hydrogens is 287 g/mol. The van der Waals surface area contributed by atoms with E-state index in [0.29, 0.717) is 31.1 Å². The molecule has 4 atom stereocenters. The number of carboxylic acid groups (broad SMARTS) is 1. The largest absolute Gasteiger partial charge is 0.481 e. The molecule has 0 radical (unpaired) electrons. The molecule has 3 aliphatic rings. The Labute approximate surface area is 130 Å². The highest BCUT2D eigenvalue weighted by Crippen LogP contribution is 2.34. The van der Waals surface area contributed by atoms with Crippen LogP contribution in [-0.4, -0.2) is 29.6 Å². The zero-order chi connectivity index (χ0) is 15.5. The van der Waals surface area contributed by atoms with Crippen LogP contribution in [0.25, 0.3) is 0 Å². The second-order valence-electron chi connectivity index (χ2n) is 7.18. The van der Waals surface area contributed by atoms with Gasteiger partial charge in [0, 0.05) is 0 Å². The zero-order valence-corrected chi connectivity index (χ0v) is 13.0. The Hall–Kier alpha value is -0.720. The molecule has 126 valence electrons. The minimum absolute atomic E-state index is 0.0311. The Kier molecular flexibility index (Phi) is 5.31. The maximum absolute atomic E-state index is 13.2. The highest BCUT2D eigenvalue weighted by molar-refractivity contribution is 5.70. The molecule has 0 amide bonds. The number of rotatable bonds is 4. The number of carboxylic acids is 1. The van der Waals surface area contributed by atoms with E-state index in [0.717, 1.165) is 38.5 Å². The van der Waals surface area contributed by atoms with Crippen LogP contribution in [-0.2, 0) is 9.63 Å². The van der Waals surface area contributed by atoms with Gasteiger partial charge in [0.2, 0.25) is 0 Å². The molecule has 0 aromatic heterocycles. The molecule has 0 aromatic carbocycles. The summed E-state index contributed by atoms with van der Waals surface area (Å²) < 4.78 is 13.2. The summed E-state index contributed by atoms with van der Waals surface area (Å²) in [6.07, 6.45) is 7.05. The third-order valence-electron chi connectivity index (χ3n) is 5.56. The standard InChI is InChI=1S/C16H27FN2O3/c17-13-6-4-10(5-7-13)8-14-18-15(19-22-14)11-2-1-3-12(9-11)16(20)21/h10-15,18-19H,1-9H2,(H,20,21). The fraction of sp³-hybridized carbons (Fsp3) is 0.938. The van der Waals surface area contributed by atoms with Crippen molar-refractivity contribution in [2.24, 2.45) is 17.8 Å². The molecule has 1 heterocycles. The summed E-state index contributed by atoms with van der Waals surface area (Å²) in [7, 11) is 0. The summed E-state index contributed by atoms with van der Waals surface area (Å²) in [6, 6.07) is 0. The van der Waals surface area contributed by atoms with Crippen LogP contribution < -0.4 is 10.8 Å². The molecule has 0 bridgehead atoms. The molecule has 2 aliphatic carbocycles. The molecule has 0 aromatic rings. The molecule has 1 aliphatic heterocycles. The molecule has 3 rings (SSSR count). The van der Waals surface area contributed by atoms with Crippen molar-refractivity contribution in [1.82, 2.24) is 10.8 Å². The van der Waals surface area contributed by atoms with Crippen LogP contribution in [0.2, 0.25) is 0 Å². The molecule has 0 spiro atoms. The number of carbonyl (C=O) groups is 1. The summed E-state index contributed by atoms with van der Waals surface area (Å²) in [4.78, 5) is 16.8. The Morgan fingerprint density at radius 3 is 2.68 bits per heavy atom. The van der Waals surface area contributed by atoms with Gasteiger partial charge in [-0.05, 0) is 63.2 Å². The van der Waals surface area contributed by atoms with E-state index in [1.165, 1.54) is 0 Å². The lowest BCUT2D eigenvalue weighted by Crippen LogP contribution is -2.43. The van der Waals surface area contributed by atoms with Crippen LogP contribution in [0.5, 0.6) is 0 Å². The molecule has 4 unspecified atom stereocenters. The van der Waals surface area contributed by atoms with Gasteiger partial charge in [-0.15, -0.1) is 0 Å². The van der Waals surface area contributed by atoms with E-state index < -0.39 is 12.1 Å². The van der Waals surface area contributed by atoms with E-state index in [2.05, 4.69) is 10.8 Å². The number of halogens is 1. The van der Waals surface area contributed by atoms with E-state index in [4.69, 9.17) is 4.84 Å². The van der Waals surface area contributed by atoms with Gasteiger partial charge >= 0.3 is 5.97 Å². The Morgan fingerprint density at radius 2 is 1.95 bits per heavy atom. The monoisotopic (exact) mass is 314 g/mol. The Balaban J connectivity index is 1.44. The average Bonchev–Trinajstić information content (AvgIpc) is 2.98. The number of hydrogen-bond donors (Lipinski definition) is 3. The van der Waals surface area contributed by atoms with Crippen molar-refractivity contribution in [3.05, 3.63) is 0 Å². The smallest absolute Gasteiger partial charge is 0.306 e. The second kappa shape index (κ2) is 7.23. The summed E-state index contributed by atoms with van der Waals surface area (Å²) in [6.45, 7) is 0. The Bertz CT molecular complexity index is 388. The first-order chi connectivity index (χ1) is 10.6. The summed E-state index contributed by atoms with van der Waals surface area (Å²) in [5.41, 5.74) is 3.06. The van der Waals surface area contributed by atoms with E-state index in [9.17, 15) is 14.3 Å². The highest BCUT2D eigenvalue weighted by Gasteiger charge is 2.37. The first kappa shape index (κ1) is 16.1. The number of alkyl halides is 1. The van der Waals surface area contributed by atoms with Crippen molar-refractivity contribution >= 4 is 5.97 Å². The molecule has 6 heteroatoms.